The Morgan fingerprint density at radius 1 is 1.16 bits per heavy atom. The minimum Gasteiger partial charge on any atom is -0.344 e. The Hall–Kier alpha value is -2.36. The first-order chi connectivity index (χ1) is 9.22. The molecule has 2 N–H and O–H groups in total. The molecule has 4 heteroatoms. The van der Waals surface area contributed by atoms with Crippen LogP contribution >= 0.6 is 0 Å². The summed E-state index contributed by atoms with van der Waals surface area (Å²) in [5.74, 6) is -0.209. The summed E-state index contributed by atoms with van der Waals surface area (Å²) in [6.45, 7) is 0. The third kappa shape index (κ3) is 2.42. The maximum atomic E-state index is 12.0. The Balaban J connectivity index is 1.77. The normalized spacial score (nSPS) is 18.3. The second-order valence-electron chi connectivity index (χ2n) is 4.71. The number of hydrogen-bond acceptors (Lipinski definition) is 2. The number of hydrogen-bond donors (Lipinski definition) is 2. The van der Waals surface area contributed by atoms with Crippen molar-refractivity contribution < 1.29 is 9.59 Å². The molecular weight excluding hydrogens is 240 g/mol. The van der Waals surface area contributed by atoms with Crippen LogP contribution in [0.5, 0.6) is 0 Å². The van der Waals surface area contributed by atoms with Crippen molar-refractivity contribution in [3.8, 4) is 0 Å². The van der Waals surface area contributed by atoms with Gasteiger partial charge in [-0.1, -0.05) is 30.3 Å². The molecule has 96 valence electrons. The van der Waals surface area contributed by atoms with Crippen molar-refractivity contribution in [2.24, 2.45) is 0 Å². The van der Waals surface area contributed by atoms with Gasteiger partial charge in [-0.25, -0.2) is 0 Å². The minimum atomic E-state index is -0.404. The van der Waals surface area contributed by atoms with Crippen LogP contribution in [0.25, 0.3) is 10.8 Å². The topological polar surface area (TPSA) is 58.2 Å². The monoisotopic (exact) mass is 254 g/mol. The van der Waals surface area contributed by atoms with E-state index in [4.69, 9.17) is 0 Å². The lowest BCUT2D eigenvalue weighted by Crippen LogP contribution is -2.37. The fourth-order valence-corrected chi connectivity index (χ4v) is 2.31. The maximum Gasteiger partial charge on any atom is 0.246 e. The van der Waals surface area contributed by atoms with Crippen LogP contribution in [0.1, 0.15) is 12.8 Å². The van der Waals surface area contributed by atoms with Crippen molar-refractivity contribution in [3.63, 3.8) is 0 Å². The first-order valence-corrected chi connectivity index (χ1v) is 6.31. The molecule has 19 heavy (non-hydrogen) atoms. The van der Waals surface area contributed by atoms with Crippen molar-refractivity contribution in [2.75, 3.05) is 5.32 Å². The fourth-order valence-electron chi connectivity index (χ4n) is 2.31. The third-order valence-corrected chi connectivity index (χ3v) is 3.33. The minimum absolute atomic E-state index is 0.0568. The number of fused-ring (bicyclic) bond motifs is 1. The van der Waals surface area contributed by atoms with Crippen LogP contribution in [0, 0.1) is 0 Å². The average Bonchev–Trinajstić information content (AvgIpc) is 2.85. The van der Waals surface area contributed by atoms with Gasteiger partial charge in [0.2, 0.25) is 11.8 Å². The fraction of sp³-hybridized carbons (Fsp3) is 0.200. The van der Waals surface area contributed by atoms with Crippen molar-refractivity contribution >= 4 is 28.3 Å². The largest absolute Gasteiger partial charge is 0.344 e. The first kappa shape index (κ1) is 11.7. The standard InChI is InChI=1S/C15H14N2O2/c18-14-8-7-13(17-14)15(19)16-12-6-5-10-3-1-2-4-11(10)9-12/h1-6,9,13H,7-8H2,(H,16,19)(H,17,18). The lowest BCUT2D eigenvalue weighted by atomic mass is 10.1. The number of benzene rings is 2. The van der Waals surface area contributed by atoms with E-state index in [1.165, 1.54) is 0 Å². The van der Waals surface area contributed by atoms with E-state index in [1.807, 2.05) is 42.5 Å². The number of nitrogens with one attached hydrogen (secondary N) is 2. The number of anilines is 1. The first-order valence-electron chi connectivity index (χ1n) is 6.31. The molecule has 0 aromatic heterocycles. The van der Waals surface area contributed by atoms with Gasteiger partial charge < -0.3 is 10.6 Å². The molecule has 0 aliphatic carbocycles. The summed E-state index contributed by atoms with van der Waals surface area (Å²) >= 11 is 0. The van der Waals surface area contributed by atoms with Gasteiger partial charge in [0.15, 0.2) is 0 Å². The van der Waals surface area contributed by atoms with E-state index < -0.39 is 6.04 Å². The van der Waals surface area contributed by atoms with E-state index in [1.54, 1.807) is 0 Å². The van der Waals surface area contributed by atoms with E-state index in [0.717, 1.165) is 16.5 Å². The van der Waals surface area contributed by atoms with Crippen LogP contribution in [-0.4, -0.2) is 17.9 Å². The molecule has 1 fully saturated rings. The molecule has 0 spiro atoms. The molecule has 0 radical (unpaired) electrons. The van der Waals surface area contributed by atoms with Gasteiger partial charge in [-0.15, -0.1) is 0 Å². The quantitative estimate of drug-likeness (QED) is 0.861. The molecule has 3 rings (SSSR count). The molecule has 2 aromatic rings. The summed E-state index contributed by atoms with van der Waals surface area (Å²) in [4.78, 5) is 23.1. The molecule has 1 saturated heterocycles. The van der Waals surface area contributed by atoms with Crippen molar-refractivity contribution in [3.05, 3.63) is 42.5 Å². The van der Waals surface area contributed by atoms with Crippen LogP contribution in [0.4, 0.5) is 5.69 Å². The Labute approximate surface area is 110 Å². The summed E-state index contributed by atoms with van der Waals surface area (Å²) < 4.78 is 0. The van der Waals surface area contributed by atoms with Crippen LogP contribution in [-0.2, 0) is 9.59 Å². The Bertz CT molecular complexity index is 651. The van der Waals surface area contributed by atoms with Gasteiger partial charge in [0.05, 0.1) is 0 Å². The summed E-state index contributed by atoms with van der Waals surface area (Å²) in [6.07, 6.45) is 0.994. The third-order valence-electron chi connectivity index (χ3n) is 3.33. The number of carbonyl (C=O) groups excluding carboxylic acids is 2. The zero-order chi connectivity index (χ0) is 13.2. The smallest absolute Gasteiger partial charge is 0.246 e. The summed E-state index contributed by atoms with van der Waals surface area (Å²) in [7, 11) is 0. The average molecular weight is 254 g/mol. The molecule has 0 bridgehead atoms. The van der Waals surface area contributed by atoms with E-state index in [2.05, 4.69) is 10.6 Å². The SMILES string of the molecule is O=C1CCC(C(=O)Nc2ccc3ccccc3c2)N1. The van der Waals surface area contributed by atoms with Crippen molar-refractivity contribution in [1.82, 2.24) is 5.32 Å². The molecule has 1 heterocycles. The Morgan fingerprint density at radius 3 is 2.68 bits per heavy atom. The maximum absolute atomic E-state index is 12.0. The van der Waals surface area contributed by atoms with E-state index in [9.17, 15) is 9.59 Å². The molecule has 2 amide bonds. The highest BCUT2D eigenvalue weighted by atomic mass is 16.2. The summed E-state index contributed by atoms with van der Waals surface area (Å²) in [5.41, 5.74) is 0.754. The summed E-state index contributed by atoms with van der Waals surface area (Å²) in [6, 6.07) is 13.3. The van der Waals surface area contributed by atoms with E-state index in [-0.39, 0.29) is 11.8 Å². The zero-order valence-corrected chi connectivity index (χ0v) is 10.3. The predicted molar refractivity (Wildman–Crippen MR) is 73.7 cm³/mol. The zero-order valence-electron chi connectivity index (χ0n) is 10.3. The van der Waals surface area contributed by atoms with Gasteiger partial charge in [-0.05, 0) is 29.3 Å². The van der Waals surface area contributed by atoms with Gasteiger partial charge in [0.25, 0.3) is 0 Å². The molecule has 1 atom stereocenters. The van der Waals surface area contributed by atoms with Crippen LogP contribution in [0.15, 0.2) is 42.5 Å². The molecule has 1 aliphatic rings. The van der Waals surface area contributed by atoms with Gasteiger partial charge in [-0.2, -0.15) is 0 Å². The highest BCUT2D eigenvalue weighted by Gasteiger charge is 2.27. The molecule has 1 aliphatic heterocycles. The molecular formula is C15H14N2O2. The van der Waals surface area contributed by atoms with Crippen LogP contribution < -0.4 is 10.6 Å². The van der Waals surface area contributed by atoms with E-state index >= 15 is 0 Å². The number of rotatable bonds is 2. The van der Waals surface area contributed by atoms with Crippen molar-refractivity contribution in [2.45, 2.75) is 18.9 Å². The lowest BCUT2D eigenvalue weighted by Gasteiger charge is -2.11. The second kappa shape index (κ2) is 4.72. The summed E-state index contributed by atoms with van der Waals surface area (Å²) in [5, 5.41) is 7.72. The molecule has 1 unspecified atom stereocenters. The van der Waals surface area contributed by atoms with Crippen LogP contribution in [0.2, 0.25) is 0 Å². The highest BCUT2D eigenvalue weighted by molar-refractivity contribution is 6.00. The molecule has 0 saturated carbocycles. The number of amides is 2. The molecule has 2 aromatic carbocycles. The van der Waals surface area contributed by atoms with Crippen LogP contribution in [0.3, 0.4) is 0 Å². The Morgan fingerprint density at radius 2 is 1.95 bits per heavy atom. The van der Waals surface area contributed by atoms with Crippen molar-refractivity contribution in [1.29, 1.82) is 0 Å². The number of carbonyl (C=O) groups is 2. The second-order valence-corrected chi connectivity index (χ2v) is 4.71. The molecule has 4 nitrogen and oxygen atoms in total. The van der Waals surface area contributed by atoms with Gasteiger partial charge in [0, 0.05) is 12.1 Å². The Kier molecular flexibility index (Phi) is 2.91. The van der Waals surface area contributed by atoms with E-state index in [0.29, 0.717) is 12.8 Å². The highest BCUT2D eigenvalue weighted by Crippen LogP contribution is 2.19. The predicted octanol–water partition coefficient (Wildman–Crippen LogP) is 2.06. The van der Waals surface area contributed by atoms with Gasteiger partial charge >= 0.3 is 0 Å². The lowest BCUT2D eigenvalue weighted by molar-refractivity contribution is -0.122. The van der Waals surface area contributed by atoms with Gasteiger partial charge in [0.1, 0.15) is 6.04 Å². The van der Waals surface area contributed by atoms with Gasteiger partial charge in [-0.3, -0.25) is 9.59 Å².